The van der Waals surface area contributed by atoms with Crippen molar-refractivity contribution in [1.29, 1.82) is 0 Å². The molecule has 0 unspecified atom stereocenters. The zero-order chi connectivity index (χ0) is 17.2. The van der Waals surface area contributed by atoms with Crippen LogP contribution < -0.4 is 5.32 Å². The van der Waals surface area contributed by atoms with E-state index >= 15 is 0 Å². The van der Waals surface area contributed by atoms with Crippen molar-refractivity contribution >= 4 is 5.91 Å². The Morgan fingerprint density at radius 2 is 2.04 bits per heavy atom. The van der Waals surface area contributed by atoms with E-state index < -0.39 is 0 Å². The molecule has 2 aromatic rings. The van der Waals surface area contributed by atoms with Crippen LogP contribution in [0.25, 0.3) is 0 Å². The fraction of sp³-hybridized carbons (Fsp3) is 0.550. The molecular formula is C20H26N4O. The second-order valence-corrected chi connectivity index (χ2v) is 7.31. The predicted octanol–water partition coefficient (Wildman–Crippen LogP) is 3.30. The Morgan fingerprint density at radius 1 is 1.16 bits per heavy atom. The van der Waals surface area contributed by atoms with Crippen molar-refractivity contribution in [2.24, 2.45) is 0 Å². The predicted molar refractivity (Wildman–Crippen MR) is 96.3 cm³/mol. The first-order valence-electron chi connectivity index (χ1n) is 9.54. The van der Waals surface area contributed by atoms with Gasteiger partial charge in [0.05, 0.1) is 12.0 Å². The summed E-state index contributed by atoms with van der Waals surface area (Å²) in [5, 5.41) is 11.9. The lowest BCUT2D eigenvalue weighted by molar-refractivity contribution is -0.123. The number of rotatable bonds is 3. The molecule has 1 N–H and O–H groups in total. The summed E-state index contributed by atoms with van der Waals surface area (Å²) in [6.07, 6.45) is 7.64. The molecule has 0 bridgehead atoms. The molecular weight excluding hydrogens is 312 g/mol. The minimum Gasteiger partial charge on any atom is -0.346 e. The maximum Gasteiger partial charge on any atom is 0.228 e. The molecule has 1 aliphatic carbocycles. The van der Waals surface area contributed by atoms with Crippen LogP contribution in [0.2, 0.25) is 0 Å². The number of amides is 1. The summed E-state index contributed by atoms with van der Waals surface area (Å²) in [5.41, 5.74) is 2.51. The molecule has 2 heterocycles. The Labute approximate surface area is 148 Å². The summed E-state index contributed by atoms with van der Waals surface area (Å²) < 4.78 is 2.22. The standard InChI is InChI=1S/C20H26N4O/c1-14(19-23-22-18-12-3-2-6-13-24(18)19)21-20(25)17-11-7-9-15-8-4-5-10-16(15)17/h4-5,8,10,14,17H,2-3,6-7,9,11-13H2,1H3,(H,21,25)/t14-,17-/m1/s1. The number of hydrogen-bond acceptors (Lipinski definition) is 3. The van der Waals surface area contributed by atoms with E-state index in [1.165, 1.54) is 24.0 Å². The SMILES string of the molecule is C[C@@H](NC(=O)[C@@H]1CCCc2ccccc21)c1nnc2n1CCCCC2. The van der Waals surface area contributed by atoms with Crippen LogP contribution in [0.5, 0.6) is 0 Å². The molecule has 0 spiro atoms. The van der Waals surface area contributed by atoms with Crippen LogP contribution in [0.3, 0.4) is 0 Å². The largest absolute Gasteiger partial charge is 0.346 e. The van der Waals surface area contributed by atoms with E-state index in [9.17, 15) is 4.79 Å². The van der Waals surface area contributed by atoms with Crippen LogP contribution in [0.1, 0.15) is 73.8 Å². The Bertz CT molecular complexity index is 767. The Kier molecular flexibility index (Phi) is 4.55. The maximum absolute atomic E-state index is 12.9. The van der Waals surface area contributed by atoms with Crippen LogP contribution in [0, 0.1) is 0 Å². The summed E-state index contributed by atoms with van der Waals surface area (Å²) in [6.45, 7) is 2.99. The molecule has 0 saturated carbocycles. The molecule has 2 atom stereocenters. The Morgan fingerprint density at radius 3 is 2.96 bits per heavy atom. The normalized spacial score (nSPS) is 20.9. The molecule has 5 heteroatoms. The lowest BCUT2D eigenvalue weighted by Crippen LogP contribution is -2.34. The zero-order valence-electron chi connectivity index (χ0n) is 14.9. The minimum absolute atomic E-state index is 0.0427. The molecule has 1 aromatic heterocycles. The van der Waals surface area contributed by atoms with E-state index in [1.54, 1.807) is 0 Å². The van der Waals surface area contributed by atoms with E-state index in [-0.39, 0.29) is 17.9 Å². The van der Waals surface area contributed by atoms with Crippen molar-refractivity contribution in [3.8, 4) is 0 Å². The van der Waals surface area contributed by atoms with Crippen molar-refractivity contribution in [2.75, 3.05) is 0 Å². The molecule has 5 nitrogen and oxygen atoms in total. The molecule has 25 heavy (non-hydrogen) atoms. The monoisotopic (exact) mass is 338 g/mol. The number of benzene rings is 1. The van der Waals surface area contributed by atoms with Crippen molar-refractivity contribution in [1.82, 2.24) is 20.1 Å². The Balaban J connectivity index is 1.51. The molecule has 1 amide bonds. The van der Waals surface area contributed by atoms with Gasteiger partial charge in [-0.3, -0.25) is 4.79 Å². The molecule has 1 aliphatic heterocycles. The lowest BCUT2D eigenvalue weighted by Gasteiger charge is -2.26. The topological polar surface area (TPSA) is 59.8 Å². The number of aromatic nitrogens is 3. The maximum atomic E-state index is 12.9. The number of nitrogens with one attached hydrogen (secondary N) is 1. The summed E-state index contributed by atoms with van der Waals surface area (Å²) in [6, 6.07) is 8.24. The van der Waals surface area contributed by atoms with Gasteiger partial charge in [0.2, 0.25) is 5.91 Å². The fourth-order valence-electron chi connectivity index (χ4n) is 4.23. The highest BCUT2D eigenvalue weighted by molar-refractivity contribution is 5.84. The van der Waals surface area contributed by atoms with Gasteiger partial charge in [-0.2, -0.15) is 0 Å². The molecule has 2 aliphatic rings. The van der Waals surface area contributed by atoms with Crippen molar-refractivity contribution in [3.63, 3.8) is 0 Å². The number of carbonyl (C=O) groups excluding carboxylic acids is 1. The summed E-state index contributed by atoms with van der Waals surface area (Å²) in [7, 11) is 0. The molecule has 1 aromatic carbocycles. The number of aryl methyl sites for hydroxylation is 2. The van der Waals surface area contributed by atoms with E-state index in [0.717, 1.165) is 50.3 Å². The highest BCUT2D eigenvalue weighted by atomic mass is 16.2. The first kappa shape index (κ1) is 16.3. The van der Waals surface area contributed by atoms with E-state index in [1.807, 2.05) is 13.0 Å². The quantitative estimate of drug-likeness (QED) is 0.934. The van der Waals surface area contributed by atoms with Crippen molar-refractivity contribution in [3.05, 3.63) is 47.0 Å². The third kappa shape index (κ3) is 3.20. The lowest BCUT2D eigenvalue weighted by atomic mass is 9.82. The fourth-order valence-corrected chi connectivity index (χ4v) is 4.23. The van der Waals surface area contributed by atoms with Gasteiger partial charge in [0.1, 0.15) is 5.82 Å². The molecule has 4 rings (SSSR count). The second-order valence-electron chi connectivity index (χ2n) is 7.31. The third-order valence-electron chi connectivity index (χ3n) is 5.57. The molecule has 0 fully saturated rings. The van der Waals surface area contributed by atoms with Crippen LogP contribution in [-0.2, 0) is 24.2 Å². The molecule has 0 radical (unpaired) electrons. The van der Waals surface area contributed by atoms with E-state index in [4.69, 9.17) is 0 Å². The summed E-state index contributed by atoms with van der Waals surface area (Å²) >= 11 is 0. The first-order valence-corrected chi connectivity index (χ1v) is 9.54. The highest BCUT2D eigenvalue weighted by Crippen LogP contribution is 2.32. The van der Waals surface area contributed by atoms with Gasteiger partial charge in [-0.1, -0.05) is 30.7 Å². The van der Waals surface area contributed by atoms with Gasteiger partial charge >= 0.3 is 0 Å². The first-order chi connectivity index (χ1) is 12.2. The van der Waals surface area contributed by atoms with Gasteiger partial charge in [-0.25, -0.2) is 0 Å². The van der Waals surface area contributed by atoms with Crippen molar-refractivity contribution < 1.29 is 4.79 Å². The van der Waals surface area contributed by atoms with Crippen LogP contribution in [0.15, 0.2) is 24.3 Å². The van der Waals surface area contributed by atoms with Gasteiger partial charge in [-0.05, 0) is 50.2 Å². The highest BCUT2D eigenvalue weighted by Gasteiger charge is 2.28. The van der Waals surface area contributed by atoms with Gasteiger partial charge in [0, 0.05) is 13.0 Å². The average Bonchev–Trinajstić information content (AvgIpc) is 2.90. The third-order valence-corrected chi connectivity index (χ3v) is 5.57. The Hall–Kier alpha value is -2.17. The van der Waals surface area contributed by atoms with Crippen LogP contribution in [-0.4, -0.2) is 20.7 Å². The van der Waals surface area contributed by atoms with Crippen LogP contribution in [0.4, 0.5) is 0 Å². The van der Waals surface area contributed by atoms with Gasteiger partial charge in [0.25, 0.3) is 0 Å². The van der Waals surface area contributed by atoms with Gasteiger partial charge in [0.15, 0.2) is 5.82 Å². The minimum atomic E-state index is -0.110. The number of fused-ring (bicyclic) bond motifs is 2. The van der Waals surface area contributed by atoms with Gasteiger partial charge in [-0.15, -0.1) is 10.2 Å². The van der Waals surface area contributed by atoms with Crippen molar-refractivity contribution in [2.45, 2.75) is 70.4 Å². The number of nitrogens with zero attached hydrogens (tertiary/aromatic N) is 3. The number of carbonyl (C=O) groups is 1. The van der Waals surface area contributed by atoms with E-state index in [0.29, 0.717) is 0 Å². The van der Waals surface area contributed by atoms with E-state index in [2.05, 4.69) is 38.3 Å². The van der Waals surface area contributed by atoms with Crippen LogP contribution >= 0.6 is 0 Å². The molecule has 0 saturated heterocycles. The number of hydrogen-bond donors (Lipinski definition) is 1. The molecule has 132 valence electrons. The average molecular weight is 338 g/mol. The van der Waals surface area contributed by atoms with Gasteiger partial charge < -0.3 is 9.88 Å². The smallest absolute Gasteiger partial charge is 0.228 e. The second kappa shape index (κ2) is 6.98. The zero-order valence-corrected chi connectivity index (χ0v) is 14.9. The summed E-state index contributed by atoms with van der Waals surface area (Å²) in [5.74, 6) is 2.04. The summed E-state index contributed by atoms with van der Waals surface area (Å²) in [4.78, 5) is 12.9.